The summed E-state index contributed by atoms with van der Waals surface area (Å²) in [6, 6.07) is 7.22. The Labute approximate surface area is 117 Å². The van der Waals surface area contributed by atoms with Crippen molar-refractivity contribution in [2.75, 3.05) is 0 Å². The van der Waals surface area contributed by atoms with E-state index in [4.69, 9.17) is 17.3 Å². The number of nitrogens with two attached hydrogens (primary N) is 1. The minimum absolute atomic E-state index is 0.0766. The minimum atomic E-state index is -0.0766. The number of fused-ring (bicyclic) bond motifs is 1. The van der Waals surface area contributed by atoms with Gasteiger partial charge in [-0.05, 0) is 37.1 Å². The molecule has 5 heteroatoms. The zero-order valence-electron chi connectivity index (χ0n) is 10.6. The van der Waals surface area contributed by atoms with Crippen molar-refractivity contribution in [3.8, 4) is 0 Å². The maximum Gasteiger partial charge on any atom is 0.260 e. The fourth-order valence-corrected chi connectivity index (χ4v) is 3.06. The van der Waals surface area contributed by atoms with Crippen LogP contribution in [0.1, 0.15) is 36.0 Å². The monoisotopic (exact) mass is 277 g/mol. The van der Waals surface area contributed by atoms with Gasteiger partial charge in [0, 0.05) is 10.6 Å². The number of carbonyl (C=O) groups excluding carboxylic acids is 1. The third-order valence-electron chi connectivity index (χ3n) is 3.88. The van der Waals surface area contributed by atoms with Gasteiger partial charge in [0.2, 0.25) is 0 Å². The Bertz CT molecular complexity index is 526. The second-order valence-corrected chi connectivity index (χ2v) is 5.52. The highest BCUT2D eigenvalue weighted by atomic mass is 35.5. The molecule has 0 unspecified atom stereocenters. The maximum absolute atomic E-state index is 12.5. The highest BCUT2D eigenvalue weighted by Crippen LogP contribution is 2.31. The molecule has 1 aliphatic heterocycles. The van der Waals surface area contributed by atoms with Crippen LogP contribution in [0, 0.1) is 0 Å². The molecule has 0 bridgehead atoms. The average Bonchev–Trinajstić information content (AvgIpc) is 2.74. The molecular formula is C14H16ClN3O. The number of carbonyl (C=O) groups is 1. The first-order valence-electron chi connectivity index (χ1n) is 6.59. The van der Waals surface area contributed by atoms with E-state index in [1.54, 1.807) is 29.2 Å². The van der Waals surface area contributed by atoms with Crippen LogP contribution in [-0.4, -0.2) is 28.9 Å². The Balaban J connectivity index is 1.86. The van der Waals surface area contributed by atoms with E-state index in [1.807, 2.05) is 0 Å². The van der Waals surface area contributed by atoms with E-state index in [-0.39, 0.29) is 18.0 Å². The summed E-state index contributed by atoms with van der Waals surface area (Å²) in [4.78, 5) is 18.6. The Hall–Kier alpha value is -1.55. The molecular weight excluding hydrogens is 262 g/mol. The Kier molecular flexibility index (Phi) is 3.19. The number of hydrogen-bond donors (Lipinski definition) is 1. The molecule has 3 rings (SSSR count). The third-order valence-corrected chi connectivity index (χ3v) is 4.13. The Morgan fingerprint density at radius 2 is 1.95 bits per heavy atom. The third kappa shape index (κ3) is 2.21. The van der Waals surface area contributed by atoms with Gasteiger partial charge in [0.15, 0.2) is 5.96 Å². The molecule has 4 nitrogen and oxygen atoms in total. The van der Waals surface area contributed by atoms with Crippen LogP contribution >= 0.6 is 11.6 Å². The van der Waals surface area contributed by atoms with Gasteiger partial charge in [0.1, 0.15) is 0 Å². The summed E-state index contributed by atoms with van der Waals surface area (Å²) >= 11 is 5.84. The van der Waals surface area contributed by atoms with Gasteiger partial charge in [0.05, 0.1) is 12.1 Å². The topological polar surface area (TPSA) is 58.7 Å². The van der Waals surface area contributed by atoms with Crippen molar-refractivity contribution >= 4 is 23.5 Å². The van der Waals surface area contributed by atoms with Crippen LogP contribution in [0.4, 0.5) is 0 Å². The van der Waals surface area contributed by atoms with Crippen LogP contribution in [0.3, 0.4) is 0 Å². The van der Waals surface area contributed by atoms with Crippen molar-refractivity contribution in [3.63, 3.8) is 0 Å². The van der Waals surface area contributed by atoms with Crippen LogP contribution < -0.4 is 5.73 Å². The number of amides is 1. The Morgan fingerprint density at radius 1 is 1.26 bits per heavy atom. The number of rotatable bonds is 1. The minimum Gasteiger partial charge on any atom is -0.369 e. The molecule has 1 amide bonds. The maximum atomic E-state index is 12.5. The van der Waals surface area contributed by atoms with Crippen molar-refractivity contribution in [2.45, 2.75) is 37.8 Å². The first-order chi connectivity index (χ1) is 9.16. The van der Waals surface area contributed by atoms with Gasteiger partial charge in [0.25, 0.3) is 5.91 Å². The lowest BCUT2D eigenvalue weighted by Crippen LogP contribution is -2.47. The summed E-state index contributed by atoms with van der Waals surface area (Å²) in [6.07, 6.45) is 4.30. The molecule has 2 atom stereocenters. The largest absolute Gasteiger partial charge is 0.369 e. The number of aliphatic imine (C=N–C) groups is 1. The van der Waals surface area contributed by atoms with E-state index in [0.29, 0.717) is 16.5 Å². The second-order valence-electron chi connectivity index (χ2n) is 5.09. The molecule has 2 aliphatic rings. The van der Waals surface area contributed by atoms with E-state index in [2.05, 4.69) is 4.99 Å². The highest BCUT2D eigenvalue weighted by molar-refractivity contribution is 6.30. The van der Waals surface area contributed by atoms with E-state index < -0.39 is 0 Å². The number of guanidine groups is 1. The first kappa shape index (κ1) is 12.5. The molecule has 1 aromatic carbocycles. The first-order valence-corrected chi connectivity index (χ1v) is 6.97. The highest BCUT2D eigenvalue weighted by Gasteiger charge is 2.40. The van der Waals surface area contributed by atoms with Crippen molar-refractivity contribution < 1.29 is 4.79 Å². The van der Waals surface area contributed by atoms with Crippen molar-refractivity contribution in [1.82, 2.24) is 4.90 Å². The predicted octanol–water partition coefficient (Wildman–Crippen LogP) is 2.42. The molecule has 19 heavy (non-hydrogen) atoms. The number of nitrogens with zero attached hydrogens (tertiary/aromatic N) is 2. The second kappa shape index (κ2) is 4.85. The lowest BCUT2D eigenvalue weighted by molar-refractivity contribution is 0.0784. The lowest BCUT2D eigenvalue weighted by atomic mass is 9.90. The SMILES string of the molecule is NC1=N[C@@H]2CCCC[C@@H]2N1C(=O)c1ccc(Cl)cc1. The zero-order valence-corrected chi connectivity index (χ0v) is 11.3. The number of benzene rings is 1. The van der Waals surface area contributed by atoms with Gasteiger partial charge in [-0.25, -0.2) is 4.99 Å². The number of halogens is 1. The van der Waals surface area contributed by atoms with Crippen LogP contribution in [-0.2, 0) is 0 Å². The van der Waals surface area contributed by atoms with E-state index in [0.717, 1.165) is 19.3 Å². The average molecular weight is 278 g/mol. The van der Waals surface area contributed by atoms with Gasteiger partial charge in [-0.3, -0.25) is 9.69 Å². The molecule has 0 aromatic heterocycles. The lowest BCUT2D eigenvalue weighted by Gasteiger charge is -2.30. The van der Waals surface area contributed by atoms with E-state index >= 15 is 0 Å². The molecule has 1 aromatic rings. The van der Waals surface area contributed by atoms with Crippen LogP contribution in [0.5, 0.6) is 0 Å². The molecule has 1 fully saturated rings. The standard InChI is InChI=1S/C14H16ClN3O/c15-10-7-5-9(6-8-10)13(19)18-12-4-2-1-3-11(12)17-14(18)16/h5-8,11-12H,1-4H2,(H2,16,17)/t11-,12+/m1/s1. The fraction of sp³-hybridized carbons (Fsp3) is 0.429. The van der Waals surface area contributed by atoms with Gasteiger partial charge < -0.3 is 5.73 Å². The normalized spacial score (nSPS) is 25.9. The summed E-state index contributed by atoms with van der Waals surface area (Å²) < 4.78 is 0. The number of hydrogen-bond acceptors (Lipinski definition) is 3. The molecule has 1 heterocycles. The van der Waals surface area contributed by atoms with Gasteiger partial charge in [-0.1, -0.05) is 24.4 Å². The molecule has 1 aliphatic carbocycles. The van der Waals surface area contributed by atoms with Crippen molar-refractivity contribution in [2.24, 2.45) is 10.7 Å². The van der Waals surface area contributed by atoms with E-state index in [9.17, 15) is 4.79 Å². The van der Waals surface area contributed by atoms with Crippen molar-refractivity contribution in [3.05, 3.63) is 34.9 Å². The molecule has 1 saturated carbocycles. The summed E-state index contributed by atoms with van der Waals surface area (Å²) in [7, 11) is 0. The quantitative estimate of drug-likeness (QED) is 0.857. The summed E-state index contributed by atoms with van der Waals surface area (Å²) in [6.45, 7) is 0. The predicted molar refractivity (Wildman–Crippen MR) is 75.3 cm³/mol. The smallest absolute Gasteiger partial charge is 0.260 e. The van der Waals surface area contributed by atoms with Crippen LogP contribution in [0.15, 0.2) is 29.3 Å². The summed E-state index contributed by atoms with van der Waals surface area (Å²) in [5.41, 5.74) is 6.54. The molecule has 2 N–H and O–H groups in total. The van der Waals surface area contributed by atoms with Gasteiger partial charge in [-0.15, -0.1) is 0 Å². The fourth-order valence-electron chi connectivity index (χ4n) is 2.93. The zero-order chi connectivity index (χ0) is 13.4. The van der Waals surface area contributed by atoms with Gasteiger partial charge in [-0.2, -0.15) is 0 Å². The van der Waals surface area contributed by atoms with E-state index in [1.165, 1.54) is 6.42 Å². The van der Waals surface area contributed by atoms with Crippen LogP contribution in [0.25, 0.3) is 0 Å². The van der Waals surface area contributed by atoms with Gasteiger partial charge >= 0.3 is 0 Å². The molecule has 100 valence electrons. The van der Waals surface area contributed by atoms with Crippen LogP contribution in [0.2, 0.25) is 5.02 Å². The summed E-state index contributed by atoms with van der Waals surface area (Å²) in [5.74, 6) is 0.282. The Morgan fingerprint density at radius 3 is 2.68 bits per heavy atom. The molecule has 0 saturated heterocycles. The molecule has 0 radical (unpaired) electrons. The van der Waals surface area contributed by atoms with Crippen molar-refractivity contribution in [1.29, 1.82) is 0 Å². The molecule has 0 spiro atoms. The summed E-state index contributed by atoms with van der Waals surface area (Å²) in [5, 5.41) is 0.621.